The van der Waals surface area contributed by atoms with Crippen molar-refractivity contribution in [3.63, 3.8) is 0 Å². The van der Waals surface area contributed by atoms with E-state index in [9.17, 15) is 4.79 Å². The lowest BCUT2D eigenvalue weighted by molar-refractivity contribution is 0.206. The normalized spacial score (nSPS) is 10.1. The van der Waals surface area contributed by atoms with E-state index in [2.05, 4.69) is 4.99 Å². The Kier molecular flexibility index (Phi) is 4.35. The lowest BCUT2D eigenvalue weighted by atomic mass is 10.9. The lowest BCUT2D eigenvalue weighted by Gasteiger charge is -1.79. The van der Waals surface area contributed by atoms with Gasteiger partial charge in [-0.2, -0.15) is 16.8 Å². The highest BCUT2D eigenvalue weighted by Crippen LogP contribution is 1.85. The van der Waals surface area contributed by atoms with E-state index in [-0.39, 0.29) is 0 Å². The molecular formula is C4H7NO2S. The van der Waals surface area contributed by atoms with Crippen LogP contribution < -0.4 is 0 Å². The van der Waals surface area contributed by atoms with Crippen LogP contribution in [0.15, 0.2) is 4.99 Å². The zero-order valence-electron chi connectivity index (χ0n) is 4.50. The Labute approximate surface area is 51.8 Å². The molecule has 0 aliphatic carbocycles. The Morgan fingerprint density at radius 1 is 2.00 bits per heavy atom. The van der Waals surface area contributed by atoms with Crippen LogP contribution in [0.1, 0.15) is 0 Å². The molecule has 4 heteroatoms. The van der Waals surface area contributed by atoms with Crippen LogP contribution >= 0.6 is 11.8 Å². The second-order valence-corrected chi connectivity index (χ2v) is 1.96. The van der Waals surface area contributed by atoms with E-state index in [0.29, 0.717) is 5.75 Å². The zero-order valence-corrected chi connectivity index (χ0v) is 5.31. The summed E-state index contributed by atoms with van der Waals surface area (Å²) < 4.78 is 0. The molecule has 0 radical (unpaired) electrons. The number of carbonyl (C=O) groups is 1. The molecule has 0 saturated carbocycles. The van der Waals surface area contributed by atoms with Crippen LogP contribution in [0.2, 0.25) is 0 Å². The molecule has 8 heavy (non-hydrogen) atoms. The Morgan fingerprint density at radius 2 is 2.62 bits per heavy atom. The monoisotopic (exact) mass is 133 g/mol. The van der Waals surface area contributed by atoms with Gasteiger partial charge in [-0.3, -0.25) is 0 Å². The van der Waals surface area contributed by atoms with Gasteiger partial charge in [0.25, 0.3) is 0 Å². The maximum atomic E-state index is 9.67. The van der Waals surface area contributed by atoms with E-state index >= 15 is 0 Å². The van der Waals surface area contributed by atoms with Crippen molar-refractivity contribution in [1.29, 1.82) is 0 Å². The second kappa shape index (κ2) is 4.64. The van der Waals surface area contributed by atoms with Gasteiger partial charge in [0.1, 0.15) is 0 Å². The minimum absolute atomic E-state index is 0.659. The summed E-state index contributed by atoms with van der Waals surface area (Å²) in [7, 11) is 0. The molecule has 1 amide bonds. The number of rotatable bonds is 2. The minimum Gasteiger partial charge on any atom is -0.463 e. The lowest BCUT2D eigenvalue weighted by Crippen LogP contribution is -1.87. The molecule has 0 spiro atoms. The average Bonchev–Trinajstić information content (AvgIpc) is 1.66. The smallest absolute Gasteiger partial charge is 0.430 e. The third-order valence-electron chi connectivity index (χ3n) is 0.443. The van der Waals surface area contributed by atoms with Crippen LogP contribution in [0.5, 0.6) is 0 Å². The summed E-state index contributed by atoms with van der Waals surface area (Å²) in [6.07, 6.45) is 2.12. The van der Waals surface area contributed by atoms with Gasteiger partial charge in [0.15, 0.2) is 0 Å². The summed E-state index contributed by atoms with van der Waals surface area (Å²) in [6.45, 7) is 0. The number of carboxylic acid groups (broad SMARTS) is 1. The summed E-state index contributed by atoms with van der Waals surface area (Å²) in [6, 6.07) is 0. The van der Waals surface area contributed by atoms with E-state index in [1.54, 1.807) is 0 Å². The molecule has 0 rings (SSSR count). The van der Waals surface area contributed by atoms with Gasteiger partial charge in [-0.25, -0.2) is 4.79 Å². The van der Waals surface area contributed by atoms with Gasteiger partial charge in [-0.05, 0) is 6.26 Å². The summed E-state index contributed by atoms with van der Waals surface area (Å²) in [5.74, 6) is 0.659. The first-order valence-corrected chi connectivity index (χ1v) is 3.41. The van der Waals surface area contributed by atoms with Gasteiger partial charge >= 0.3 is 6.09 Å². The van der Waals surface area contributed by atoms with Crippen LogP contribution in [0, 0.1) is 0 Å². The molecule has 0 unspecified atom stereocenters. The van der Waals surface area contributed by atoms with E-state index in [4.69, 9.17) is 5.11 Å². The van der Waals surface area contributed by atoms with E-state index in [1.807, 2.05) is 6.26 Å². The predicted molar refractivity (Wildman–Crippen MR) is 34.9 cm³/mol. The highest BCUT2D eigenvalue weighted by molar-refractivity contribution is 7.99. The molecule has 0 aromatic heterocycles. The van der Waals surface area contributed by atoms with Gasteiger partial charge in [0.05, 0.1) is 0 Å². The Bertz CT molecular complexity index is 102. The molecule has 0 fully saturated rings. The van der Waals surface area contributed by atoms with Crippen molar-refractivity contribution in [2.24, 2.45) is 4.99 Å². The van der Waals surface area contributed by atoms with Gasteiger partial charge < -0.3 is 5.11 Å². The molecular weight excluding hydrogens is 126 g/mol. The molecule has 0 bridgehead atoms. The highest BCUT2D eigenvalue weighted by atomic mass is 32.2. The quantitative estimate of drug-likeness (QED) is 0.574. The summed E-state index contributed by atoms with van der Waals surface area (Å²) in [5, 5.41) is 7.93. The predicted octanol–water partition coefficient (Wildman–Crippen LogP) is 1.10. The van der Waals surface area contributed by atoms with Crippen molar-refractivity contribution in [2.45, 2.75) is 0 Å². The Morgan fingerprint density at radius 3 is 3.00 bits per heavy atom. The van der Waals surface area contributed by atoms with Gasteiger partial charge in [0, 0.05) is 12.0 Å². The van der Waals surface area contributed by atoms with Crippen LogP contribution in [0.25, 0.3) is 0 Å². The van der Waals surface area contributed by atoms with Crippen molar-refractivity contribution in [3.8, 4) is 0 Å². The van der Waals surface area contributed by atoms with Crippen molar-refractivity contribution in [2.75, 3.05) is 12.0 Å². The first-order chi connectivity index (χ1) is 3.77. The SMILES string of the molecule is CSC/C=N/C(=O)O. The highest BCUT2D eigenvalue weighted by Gasteiger charge is 1.82. The van der Waals surface area contributed by atoms with Crippen LogP contribution in [0.4, 0.5) is 4.79 Å². The summed E-state index contributed by atoms with van der Waals surface area (Å²) in [4.78, 5) is 12.8. The first-order valence-electron chi connectivity index (χ1n) is 2.01. The summed E-state index contributed by atoms with van der Waals surface area (Å²) in [5.41, 5.74) is 0. The molecule has 3 nitrogen and oxygen atoms in total. The largest absolute Gasteiger partial charge is 0.463 e. The van der Waals surface area contributed by atoms with Crippen LogP contribution in [-0.2, 0) is 0 Å². The molecule has 0 heterocycles. The van der Waals surface area contributed by atoms with Crippen molar-refractivity contribution in [1.82, 2.24) is 0 Å². The molecule has 0 aliphatic heterocycles. The van der Waals surface area contributed by atoms with E-state index in [0.717, 1.165) is 0 Å². The Hall–Kier alpha value is -0.510. The standard InChI is InChI=1S/C4H7NO2S/c1-8-3-2-5-4(6)7/h2H,3H2,1H3,(H,6,7)/b5-2+. The Balaban J connectivity index is 3.20. The van der Waals surface area contributed by atoms with Crippen molar-refractivity contribution >= 4 is 24.1 Å². The number of aliphatic imine (C=N–C) groups is 1. The maximum Gasteiger partial charge on any atom is 0.430 e. The third kappa shape index (κ3) is 5.49. The average molecular weight is 133 g/mol. The third-order valence-corrected chi connectivity index (χ3v) is 0.925. The maximum absolute atomic E-state index is 9.67. The second-order valence-electron chi connectivity index (χ2n) is 1.05. The molecule has 0 aromatic carbocycles. The fourth-order valence-electron chi connectivity index (χ4n) is 0.190. The fraction of sp³-hybridized carbons (Fsp3) is 0.500. The van der Waals surface area contributed by atoms with Crippen molar-refractivity contribution < 1.29 is 9.90 Å². The number of hydrogen-bond donors (Lipinski definition) is 1. The molecule has 0 aliphatic rings. The molecule has 0 aromatic rings. The molecule has 1 N–H and O–H groups in total. The van der Waals surface area contributed by atoms with Crippen LogP contribution in [0.3, 0.4) is 0 Å². The van der Waals surface area contributed by atoms with Crippen molar-refractivity contribution in [3.05, 3.63) is 0 Å². The fourth-order valence-corrected chi connectivity index (χ4v) is 0.414. The first kappa shape index (κ1) is 7.49. The van der Waals surface area contributed by atoms with Gasteiger partial charge in [-0.1, -0.05) is 0 Å². The number of amides is 1. The van der Waals surface area contributed by atoms with E-state index in [1.165, 1.54) is 18.0 Å². The number of nitrogens with zero attached hydrogens (tertiary/aromatic N) is 1. The molecule has 46 valence electrons. The minimum atomic E-state index is -1.13. The molecule has 0 saturated heterocycles. The topological polar surface area (TPSA) is 49.7 Å². The number of hydrogen-bond acceptors (Lipinski definition) is 2. The zero-order chi connectivity index (χ0) is 6.41. The van der Waals surface area contributed by atoms with Gasteiger partial charge in [0.2, 0.25) is 0 Å². The van der Waals surface area contributed by atoms with E-state index < -0.39 is 6.09 Å². The number of thioether (sulfide) groups is 1. The van der Waals surface area contributed by atoms with Gasteiger partial charge in [-0.15, -0.1) is 0 Å². The summed E-state index contributed by atoms with van der Waals surface area (Å²) >= 11 is 1.53. The molecule has 0 atom stereocenters. The van der Waals surface area contributed by atoms with Crippen LogP contribution in [-0.4, -0.2) is 29.4 Å².